The van der Waals surface area contributed by atoms with Gasteiger partial charge in [0.25, 0.3) is 11.5 Å². The number of benzene rings is 1. The van der Waals surface area contributed by atoms with E-state index in [2.05, 4.69) is 20.2 Å². The predicted molar refractivity (Wildman–Crippen MR) is 106 cm³/mol. The van der Waals surface area contributed by atoms with Gasteiger partial charge in [0.1, 0.15) is 5.56 Å². The summed E-state index contributed by atoms with van der Waals surface area (Å²) in [5.41, 5.74) is -0.943. The van der Waals surface area contributed by atoms with Crippen LogP contribution < -0.4 is 11.2 Å². The van der Waals surface area contributed by atoms with E-state index in [1.807, 2.05) is 6.07 Å². The van der Waals surface area contributed by atoms with Crippen LogP contribution in [0.15, 0.2) is 56.3 Å². The summed E-state index contributed by atoms with van der Waals surface area (Å²) in [7, 11) is 2.54. The molecule has 0 unspecified atom stereocenters. The molecule has 2 aromatic heterocycles. The highest BCUT2D eigenvalue weighted by Crippen LogP contribution is 2.25. The first-order valence-electron chi connectivity index (χ1n) is 8.85. The molecule has 3 aromatic rings. The SMILES string of the molecule is CCOC(=O)c1cnc(N=Nc2c(O)n(C)c(=O)n(C)c2=O)nc1-c1ccccc1. The van der Waals surface area contributed by atoms with E-state index in [0.717, 1.165) is 9.13 Å². The second kappa shape index (κ2) is 8.47. The first-order valence-corrected chi connectivity index (χ1v) is 8.85. The number of carbonyl (C=O) groups is 1. The number of azo groups is 1. The van der Waals surface area contributed by atoms with Crippen LogP contribution in [-0.4, -0.2) is 36.8 Å². The third-order valence-corrected chi connectivity index (χ3v) is 4.17. The van der Waals surface area contributed by atoms with Gasteiger partial charge >= 0.3 is 11.7 Å². The lowest BCUT2D eigenvalue weighted by atomic mass is 10.1. The fourth-order valence-electron chi connectivity index (χ4n) is 2.59. The van der Waals surface area contributed by atoms with E-state index in [1.54, 1.807) is 31.2 Å². The first-order chi connectivity index (χ1) is 14.3. The Morgan fingerprint density at radius 1 is 1.13 bits per heavy atom. The Labute approximate surface area is 170 Å². The highest BCUT2D eigenvalue weighted by Gasteiger charge is 2.18. The summed E-state index contributed by atoms with van der Waals surface area (Å²) >= 11 is 0. The minimum atomic E-state index is -0.828. The minimum absolute atomic E-state index is 0.142. The van der Waals surface area contributed by atoms with Gasteiger partial charge in [-0.15, -0.1) is 10.2 Å². The topological polar surface area (TPSA) is 141 Å². The van der Waals surface area contributed by atoms with E-state index >= 15 is 0 Å². The molecule has 2 heterocycles. The second-order valence-corrected chi connectivity index (χ2v) is 6.10. The predicted octanol–water partition coefficient (Wildman–Crippen LogP) is 1.84. The molecule has 3 rings (SSSR count). The summed E-state index contributed by atoms with van der Waals surface area (Å²) in [6.07, 6.45) is 1.25. The Morgan fingerprint density at radius 2 is 1.83 bits per heavy atom. The zero-order valence-corrected chi connectivity index (χ0v) is 16.4. The standard InChI is InChI=1S/C19H18N6O5/c1-4-30-17(28)12-10-20-18(21-13(12)11-8-6-5-7-9-11)23-22-14-15(26)24(2)19(29)25(3)16(14)27/h5-10,26H,4H2,1-3H3. The molecular weight excluding hydrogens is 392 g/mol. The minimum Gasteiger partial charge on any atom is -0.493 e. The van der Waals surface area contributed by atoms with Crippen molar-refractivity contribution in [3.8, 4) is 17.1 Å². The van der Waals surface area contributed by atoms with Crippen LogP contribution in [0.25, 0.3) is 11.3 Å². The van der Waals surface area contributed by atoms with E-state index in [1.165, 1.54) is 20.3 Å². The zero-order chi connectivity index (χ0) is 21.8. The largest absolute Gasteiger partial charge is 0.493 e. The Kier molecular flexibility index (Phi) is 5.81. The van der Waals surface area contributed by atoms with Crippen LogP contribution in [0.2, 0.25) is 0 Å². The van der Waals surface area contributed by atoms with Crippen LogP contribution in [-0.2, 0) is 18.8 Å². The zero-order valence-electron chi connectivity index (χ0n) is 16.4. The van der Waals surface area contributed by atoms with Gasteiger partial charge in [0.05, 0.1) is 12.3 Å². The van der Waals surface area contributed by atoms with Gasteiger partial charge in [-0.05, 0) is 6.92 Å². The molecule has 154 valence electrons. The van der Waals surface area contributed by atoms with Crippen LogP contribution in [0, 0.1) is 0 Å². The summed E-state index contributed by atoms with van der Waals surface area (Å²) < 4.78 is 6.69. The van der Waals surface area contributed by atoms with Crippen molar-refractivity contribution >= 4 is 17.6 Å². The van der Waals surface area contributed by atoms with Crippen LogP contribution in [0.1, 0.15) is 17.3 Å². The van der Waals surface area contributed by atoms with Gasteiger partial charge < -0.3 is 9.84 Å². The van der Waals surface area contributed by atoms with Crippen molar-refractivity contribution in [2.24, 2.45) is 24.3 Å². The highest BCUT2D eigenvalue weighted by atomic mass is 16.5. The second-order valence-electron chi connectivity index (χ2n) is 6.10. The molecular formula is C19H18N6O5. The van der Waals surface area contributed by atoms with Crippen molar-refractivity contribution in [3.63, 3.8) is 0 Å². The summed E-state index contributed by atoms with van der Waals surface area (Å²) in [5, 5.41) is 17.6. The van der Waals surface area contributed by atoms with Crippen molar-refractivity contribution in [3.05, 3.63) is 62.9 Å². The summed E-state index contributed by atoms with van der Waals surface area (Å²) in [6.45, 7) is 1.87. The normalized spacial score (nSPS) is 11.0. The van der Waals surface area contributed by atoms with E-state index in [0.29, 0.717) is 5.56 Å². The Morgan fingerprint density at radius 3 is 2.50 bits per heavy atom. The van der Waals surface area contributed by atoms with Crippen molar-refractivity contribution in [1.29, 1.82) is 0 Å². The van der Waals surface area contributed by atoms with Crippen molar-refractivity contribution in [1.82, 2.24) is 19.1 Å². The van der Waals surface area contributed by atoms with Gasteiger partial charge in [0.2, 0.25) is 11.6 Å². The summed E-state index contributed by atoms with van der Waals surface area (Å²) in [4.78, 5) is 44.5. The molecule has 0 aliphatic carbocycles. The van der Waals surface area contributed by atoms with Gasteiger partial charge in [-0.1, -0.05) is 30.3 Å². The maximum Gasteiger partial charge on any atom is 0.341 e. The van der Waals surface area contributed by atoms with Gasteiger partial charge in [0.15, 0.2) is 0 Å². The van der Waals surface area contributed by atoms with Gasteiger partial charge in [-0.2, -0.15) is 0 Å². The van der Waals surface area contributed by atoms with E-state index in [4.69, 9.17) is 4.74 Å². The molecule has 0 fully saturated rings. The van der Waals surface area contributed by atoms with Crippen molar-refractivity contribution in [2.45, 2.75) is 6.92 Å². The van der Waals surface area contributed by atoms with Gasteiger partial charge in [-0.25, -0.2) is 19.6 Å². The van der Waals surface area contributed by atoms with Crippen LogP contribution in [0.4, 0.5) is 11.6 Å². The molecule has 0 aliphatic heterocycles. The lowest BCUT2D eigenvalue weighted by Gasteiger charge is -2.08. The lowest BCUT2D eigenvalue weighted by Crippen LogP contribution is -2.36. The molecule has 0 radical (unpaired) electrons. The molecule has 0 atom stereocenters. The molecule has 11 nitrogen and oxygen atoms in total. The maximum atomic E-state index is 12.3. The van der Waals surface area contributed by atoms with Crippen molar-refractivity contribution in [2.75, 3.05) is 6.61 Å². The number of ether oxygens (including phenoxy) is 1. The lowest BCUT2D eigenvalue weighted by molar-refractivity contribution is 0.0526. The molecule has 0 saturated heterocycles. The quantitative estimate of drug-likeness (QED) is 0.500. The maximum absolute atomic E-state index is 12.3. The summed E-state index contributed by atoms with van der Waals surface area (Å²) in [6, 6.07) is 8.87. The molecule has 0 saturated carbocycles. The number of carbonyl (C=O) groups excluding carboxylic acids is 1. The highest BCUT2D eigenvalue weighted by molar-refractivity contribution is 5.96. The average molecular weight is 410 g/mol. The average Bonchev–Trinajstić information content (AvgIpc) is 2.77. The van der Waals surface area contributed by atoms with Crippen LogP contribution >= 0.6 is 0 Å². The number of aromatic hydroxyl groups is 1. The number of aromatic nitrogens is 4. The third-order valence-electron chi connectivity index (χ3n) is 4.17. The summed E-state index contributed by atoms with van der Waals surface area (Å²) in [5.74, 6) is -1.39. The van der Waals surface area contributed by atoms with Crippen LogP contribution in [0.5, 0.6) is 5.88 Å². The van der Waals surface area contributed by atoms with Gasteiger partial charge in [-0.3, -0.25) is 13.9 Å². The molecule has 0 spiro atoms. The molecule has 0 bridgehead atoms. The van der Waals surface area contributed by atoms with E-state index < -0.39 is 28.8 Å². The molecule has 11 heteroatoms. The molecule has 1 aromatic carbocycles. The Bertz CT molecular complexity index is 1250. The smallest absolute Gasteiger partial charge is 0.341 e. The van der Waals surface area contributed by atoms with Crippen LogP contribution in [0.3, 0.4) is 0 Å². The number of hydrogen-bond acceptors (Lipinski definition) is 9. The number of hydrogen-bond donors (Lipinski definition) is 1. The molecule has 1 N–H and O–H groups in total. The number of esters is 1. The third kappa shape index (κ3) is 3.85. The van der Waals surface area contributed by atoms with E-state index in [9.17, 15) is 19.5 Å². The Balaban J connectivity index is 2.10. The fraction of sp³-hybridized carbons (Fsp3) is 0.211. The molecule has 0 aliphatic rings. The monoisotopic (exact) mass is 410 g/mol. The van der Waals surface area contributed by atoms with Gasteiger partial charge in [0, 0.05) is 25.9 Å². The first kappa shape index (κ1) is 20.6. The fourth-order valence-corrected chi connectivity index (χ4v) is 2.59. The number of rotatable bonds is 5. The molecule has 30 heavy (non-hydrogen) atoms. The molecule has 0 amide bonds. The number of nitrogens with zero attached hydrogens (tertiary/aromatic N) is 6. The van der Waals surface area contributed by atoms with E-state index in [-0.39, 0.29) is 23.8 Å². The van der Waals surface area contributed by atoms with Crippen molar-refractivity contribution < 1.29 is 14.6 Å². The Hall–Kier alpha value is -4.15.